The van der Waals surface area contributed by atoms with Gasteiger partial charge in [-0.3, -0.25) is 9.59 Å². The average molecular weight is 445 g/mol. The number of hydrogen-bond acceptors (Lipinski definition) is 5. The molecule has 0 saturated carbocycles. The van der Waals surface area contributed by atoms with Gasteiger partial charge < -0.3 is 25.0 Å². The largest absolute Gasteiger partial charge is 0.493 e. The van der Waals surface area contributed by atoms with E-state index in [0.29, 0.717) is 36.7 Å². The third-order valence-electron chi connectivity index (χ3n) is 5.46. The Kier molecular flexibility index (Phi) is 7.69. The predicted octanol–water partition coefficient (Wildman–Crippen LogP) is 3.64. The lowest BCUT2D eigenvalue weighted by molar-refractivity contribution is -0.142. The molecule has 0 aliphatic carbocycles. The fourth-order valence-electron chi connectivity index (χ4n) is 3.73. The van der Waals surface area contributed by atoms with E-state index < -0.39 is 23.9 Å². The second kappa shape index (κ2) is 10.5. The van der Waals surface area contributed by atoms with Gasteiger partial charge in [-0.1, -0.05) is 26.0 Å². The first-order valence-corrected chi connectivity index (χ1v) is 10.6. The summed E-state index contributed by atoms with van der Waals surface area (Å²) in [7, 11) is 0. The van der Waals surface area contributed by atoms with E-state index in [4.69, 9.17) is 9.47 Å². The van der Waals surface area contributed by atoms with Crippen LogP contribution in [0.15, 0.2) is 42.5 Å². The lowest BCUT2D eigenvalue weighted by atomic mass is 9.97. The zero-order valence-corrected chi connectivity index (χ0v) is 18.1. The molecule has 3 unspecified atom stereocenters. The Morgan fingerprint density at radius 1 is 1.16 bits per heavy atom. The summed E-state index contributed by atoms with van der Waals surface area (Å²) in [6.07, 6.45) is 0.409. The molecule has 1 aliphatic heterocycles. The fraction of sp³-hybridized carbons (Fsp3) is 0.417. The number of ether oxygens (including phenoxy) is 2. The Hall–Kier alpha value is -3.13. The zero-order valence-electron chi connectivity index (χ0n) is 18.1. The third kappa shape index (κ3) is 5.97. The van der Waals surface area contributed by atoms with Gasteiger partial charge in [0.25, 0.3) is 0 Å². The number of halogens is 1. The summed E-state index contributed by atoms with van der Waals surface area (Å²) in [4.78, 5) is 23.2. The maximum atomic E-state index is 13.5. The van der Waals surface area contributed by atoms with Gasteiger partial charge in [0.2, 0.25) is 0 Å². The Bertz CT molecular complexity index is 946. The molecule has 0 radical (unpaired) electrons. The number of carbonyl (C=O) groups is 2. The van der Waals surface area contributed by atoms with E-state index in [-0.39, 0.29) is 24.2 Å². The van der Waals surface area contributed by atoms with Crippen LogP contribution in [0.25, 0.3) is 0 Å². The van der Waals surface area contributed by atoms with E-state index in [1.54, 1.807) is 30.3 Å². The summed E-state index contributed by atoms with van der Waals surface area (Å²) >= 11 is 0. The van der Waals surface area contributed by atoms with Crippen LogP contribution in [0.1, 0.15) is 43.2 Å². The molecular weight excluding hydrogens is 417 g/mol. The van der Waals surface area contributed by atoms with Crippen molar-refractivity contribution >= 4 is 11.9 Å². The monoisotopic (exact) mass is 445 g/mol. The Labute approximate surface area is 186 Å². The highest BCUT2D eigenvalue weighted by Crippen LogP contribution is 2.34. The molecule has 3 rings (SSSR count). The lowest BCUT2D eigenvalue weighted by Crippen LogP contribution is -2.41. The molecular formula is C24H28FNO6. The first-order valence-electron chi connectivity index (χ1n) is 10.6. The van der Waals surface area contributed by atoms with Crippen molar-refractivity contribution in [2.75, 3.05) is 19.8 Å². The van der Waals surface area contributed by atoms with Crippen LogP contribution in [-0.2, 0) is 9.59 Å². The van der Waals surface area contributed by atoms with Crippen molar-refractivity contribution in [3.63, 3.8) is 0 Å². The van der Waals surface area contributed by atoms with Gasteiger partial charge in [0.15, 0.2) is 0 Å². The molecule has 0 bridgehead atoms. The average Bonchev–Trinajstić information content (AvgIpc) is 3.13. The Morgan fingerprint density at radius 3 is 2.50 bits per heavy atom. The van der Waals surface area contributed by atoms with Gasteiger partial charge in [-0.2, -0.15) is 0 Å². The zero-order chi connectivity index (χ0) is 23.3. The molecule has 8 heteroatoms. The summed E-state index contributed by atoms with van der Waals surface area (Å²) in [6.45, 7) is 4.54. The van der Waals surface area contributed by atoms with Crippen molar-refractivity contribution < 1.29 is 33.7 Å². The van der Waals surface area contributed by atoms with Crippen molar-refractivity contribution in [2.45, 2.75) is 38.1 Å². The van der Waals surface area contributed by atoms with Crippen molar-refractivity contribution in [3.05, 3.63) is 59.4 Å². The van der Waals surface area contributed by atoms with E-state index in [1.807, 2.05) is 13.8 Å². The molecule has 2 aromatic carbocycles. The predicted molar refractivity (Wildman–Crippen MR) is 116 cm³/mol. The third-order valence-corrected chi connectivity index (χ3v) is 5.46. The number of nitrogens with one attached hydrogen (secondary N) is 1. The van der Waals surface area contributed by atoms with Crippen molar-refractivity contribution in [3.8, 4) is 11.5 Å². The minimum Gasteiger partial charge on any atom is -0.493 e. The van der Waals surface area contributed by atoms with Crippen molar-refractivity contribution in [1.82, 2.24) is 5.32 Å². The molecule has 0 fully saturated rings. The molecule has 32 heavy (non-hydrogen) atoms. The van der Waals surface area contributed by atoms with E-state index in [0.717, 1.165) is 5.56 Å². The van der Waals surface area contributed by atoms with Crippen LogP contribution in [0.2, 0.25) is 0 Å². The van der Waals surface area contributed by atoms with Crippen LogP contribution in [0, 0.1) is 11.7 Å². The molecule has 1 aliphatic rings. The molecule has 0 aromatic heterocycles. The highest BCUT2D eigenvalue weighted by molar-refractivity contribution is 5.77. The topological polar surface area (TPSA) is 105 Å². The second-order valence-corrected chi connectivity index (χ2v) is 8.39. The van der Waals surface area contributed by atoms with Gasteiger partial charge in [0, 0.05) is 12.1 Å². The first-order chi connectivity index (χ1) is 15.2. The Morgan fingerprint density at radius 2 is 1.88 bits per heavy atom. The maximum Gasteiger partial charge on any atom is 0.320 e. The lowest BCUT2D eigenvalue weighted by Gasteiger charge is -2.20. The second-order valence-electron chi connectivity index (χ2n) is 8.39. The smallest absolute Gasteiger partial charge is 0.320 e. The molecule has 7 nitrogen and oxygen atoms in total. The molecule has 2 aromatic rings. The quantitative estimate of drug-likeness (QED) is 0.485. The normalized spacial score (nSPS) is 16.8. The van der Waals surface area contributed by atoms with Gasteiger partial charge in [0.1, 0.15) is 23.4 Å². The van der Waals surface area contributed by atoms with Crippen LogP contribution >= 0.6 is 0 Å². The fourth-order valence-corrected chi connectivity index (χ4v) is 3.73. The summed E-state index contributed by atoms with van der Waals surface area (Å²) < 4.78 is 24.9. The minimum atomic E-state index is -1.04. The van der Waals surface area contributed by atoms with Gasteiger partial charge in [-0.05, 0) is 48.2 Å². The first kappa shape index (κ1) is 23.5. The summed E-state index contributed by atoms with van der Waals surface area (Å²) in [5.74, 6) is -1.97. The maximum absolute atomic E-state index is 13.5. The highest BCUT2D eigenvalue weighted by atomic mass is 19.1. The van der Waals surface area contributed by atoms with Gasteiger partial charge >= 0.3 is 11.9 Å². The molecule has 3 atom stereocenters. The highest BCUT2D eigenvalue weighted by Gasteiger charge is 2.26. The molecule has 0 saturated heterocycles. The summed E-state index contributed by atoms with van der Waals surface area (Å²) in [5.41, 5.74) is 1.32. The van der Waals surface area contributed by atoms with E-state index in [1.165, 1.54) is 12.1 Å². The van der Waals surface area contributed by atoms with Crippen molar-refractivity contribution in [1.29, 1.82) is 0 Å². The van der Waals surface area contributed by atoms with E-state index in [9.17, 15) is 24.2 Å². The van der Waals surface area contributed by atoms with E-state index >= 15 is 0 Å². The van der Waals surface area contributed by atoms with E-state index in [2.05, 4.69) is 5.32 Å². The van der Waals surface area contributed by atoms with Crippen LogP contribution < -0.4 is 14.8 Å². The number of fused-ring (bicyclic) bond motifs is 1. The molecule has 0 spiro atoms. The Balaban J connectivity index is 1.60. The number of hydrogen-bond donors (Lipinski definition) is 3. The summed E-state index contributed by atoms with van der Waals surface area (Å²) in [6, 6.07) is 10.3. The molecule has 0 amide bonds. The standard InChI is InChI=1S/C24H28FNO6/c1-14(2)9-21(24(29)30)26-11-20(23(27)28)15-3-6-18(7-4-15)31-12-16-13-32-22-8-5-17(25)10-19(16)22/h3-8,10,14,16,20-21,26H,9,11-13H2,1-2H3,(H,27,28)(H,29,30). The van der Waals surface area contributed by atoms with Gasteiger partial charge in [0.05, 0.1) is 25.0 Å². The number of carboxylic acids is 2. The van der Waals surface area contributed by atoms with Crippen LogP contribution in [0.3, 0.4) is 0 Å². The molecule has 172 valence electrons. The SMILES string of the molecule is CC(C)CC(NCC(C(=O)O)c1ccc(OCC2COc3ccc(F)cc32)cc1)C(=O)O. The van der Waals surface area contributed by atoms with Gasteiger partial charge in [-0.25, -0.2) is 4.39 Å². The molecule has 3 N–H and O–H groups in total. The number of rotatable bonds is 11. The minimum absolute atomic E-state index is 0.000977. The number of benzene rings is 2. The van der Waals surface area contributed by atoms with Crippen molar-refractivity contribution in [2.24, 2.45) is 5.92 Å². The summed E-state index contributed by atoms with van der Waals surface area (Å²) in [5, 5.41) is 21.8. The van der Waals surface area contributed by atoms with Gasteiger partial charge in [-0.15, -0.1) is 0 Å². The molecule has 1 heterocycles. The van der Waals surface area contributed by atoms with Crippen LogP contribution in [0.4, 0.5) is 4.39 Å². The number of carboxylic acid groups (broad SMARTS) is 2. The van der Waals surface area contributed by atoms with Crippen LogP contribution in [0.5, 0.6) is 11.5 Å². The van der Waals surface area contributed by atoms with Crippen LogP contribution in [-0.4, -0.2) is 48.0 Å². The number of aliphatic carboxylic acids is 2.